The minimum absolute atomic E-state index is 0.0627. The Bertz CT molecular complexity index is 978. The lowest BCUT2D eigenvalue weighted by Crippen LogP contribution is -2.30. The summed E-state index contributed by atoms with van der Waals surface area (Å²) in [4.78, 5) is 38.1. The predicted octanol–water partition coefficient (Wildman–Crippen LogP) is 18.9. The number of carbonyl (C=O) groups excluding carboxylic acids is 3. The van der Waals surface area contributed by atoms with Crippen LogP contribution in [-0.4, -0.2) is 37.2 Å². The summed E-state index contributed by atoms with van der Waals surface area (Å²) in [6.45, 7) is 11.4. The van der Waals surface area contributed by atoms with Crippen LogP contribution in [0.4, 0.5) is 0 Å². The highest BCUT2D eigenvalue weighted by molar-refractivity contribution is 5.71. The SMILES string of the molecule is CCCCCCCCCCCCCCCCCC(=O)OC[C@@H](COC(=O)CCCCCCCCCCCCC(C)C)OC(=O)CCCCCCCCCCCCCCCCCC(C)C. The summed E-state index contributed by atoms with van der Waals surface area (Å²) in [5.41, 5.74) is 0. The van der Waals surface area contributed by atoms with Crippen LogP contribution < -0.4 is 0 Å². The maximum absolute atomic E-state index is 12.8. The molecule has 0 spiro atoms. The number of ether oxygens (including phenoxy) is 3. The third-order valence-electron chi connectivity index (χ3n) is 13.2. The van der Waals surface area contributed by atoms with Gasteiger partial charge in [-0.15, -0.1) is 0 Å². The third kappa shape index (κ3) is 51.4. The van der Waals surface area contributed by atoms with Gasteiger partial charge in [0.25, 0.3) is 0 Å². The van der Waals surface area contributed by atoms with Crippen molar-refractivity contribution in [2.24, 2.45) is 11.8 Å². The average Bonchev–Trinajstić information content (AvgIpc) is 3.27. The van der Waals surface area contributed by atoms with Crippen molar-refractivity contribution in [1.82, 2.24) is 0 Å². The summed E-state index contributed by atoms with van der Waals surface area (Å²) < 4.78 is 16.9. The number of unbranched alkanes of at least 4 members (excludes halogenated alkanes) is 37. The van der Waals surface area contributed by atoms with Crippen LogP contribution in [0.15, 0.2) is 0 Å². The van der Waals surface area contributed by atoms with Gasteiger partial charge in [-0.3, -0.25) is 14.4 Å². The van der Waals surface area contributed by atoms with Crippen LogP contribution in [0.3, 0.4) is 0 Å². The molecule has 0 N–H and O–H groups in total. The molecule has 0 amide bonds. The molecule has 0 radical (unpaired) electrons. The summed E-state index contributed by atoms with van der Waals surface area (Å²) in [7, 11) is 0. The Kier molecular flexibility index (Phi) is 49.6. The van der Waals surface area contributed by atoms with Crippen LogP contribution in [0.5, 0.6) is 0 Å². The zero-order valence-electron chi connectivity index (χ0n) is 43.9. The maximum Gasteiger partial charge on any atom is 0.306 e. The molecule has 0 saturated carbocycles. The van der Waals surface area contributed by atoms with E-state index in [1.54, 1.807) is 0 Å². The molecule has 0 bridgehead atoms. The van der Waals surface area contributed by atoms with Crippen LogP contribution in [0.2, 0.25) is 0 Å². The summed E-state index contributed by atoms with van der Waals surface area (Å²) in [6.07, 6.45) is 53.8. The topological polar surface area (TPSA) is 78.9 Å². The smallest absolute Gasteiger partial charge is 0.306 e. The monoisotopic (exact) mass is 905 g/mol. The predicted molar refractivity (Wildman–Crippen MR) is 275 cm³/mol. The van der Waals surface area contributed by atoms with Crippen LogP contribution in [-0.2, 0) is 28.6 Å². The first-order chi connectivity index (χ1) is 31.2. The van der Waals surface area contributed by atoms with Gasteiger partial charge in [0, 0.05) is 19.3 Å². The second-order valence-electron chi connectivity index (χ2n) is 20.9. The third-order valence-corrected chi connectivity index (χ3v) is 13.2. The van der Waals surface area contributed by atoms with Crippen molar-refractivity contribution in [2.75, 3.05) is 13.2 Å². The zero-order chi connectivity index (χ0) is 46.8. The lowest BCUT2D eigenvalue weighted by atomic mass is 10.0. The van der Waals surface area contributed by atoms with Crippen molar-refractivity contribution in [3.8, 4) is 0 Å². The van der Waals surface area contributed by atoms with Gasteiger partial charge >= 0.3 is 17.9 Å². The molecule has 0 aliphatic heterocycles. The average molecular weight is 906 g/mol. The van der Waals surface area contributed by atoms with Gasteiger partial charge in [-0.25, -0.2) is 0 Å². The summed E-state index contributed by atoms with van der Waals surface area (Å²) in [5, 5.41) is 0. The van der Waals surface area contributed by atoms with Gasteiger partial charge in [0.2, 0.25) is 0 Å². The first kappa shape index (κ1) is 62.4. The standard InChI is InChI=1S/C58H112O6/c1-6-7-8-9-10-11-12-13-15-19-22-28-33-38-43-48-56(59)62-51-55(52-63-57(60)49-44-39-34-29-25-24-27-32-37-42-47-54(4)5)64-58(61)50-45-40-35-30-23-20-17-14-16-18-21-26-31-36-41-46-53(2)3/h53-55H,6-52H2,1-5H3/t55-/m0/s1. The first-order valence-electron chi connectivity index (χ1n) is 28.7. The van der Waals surface area contributed by atoms with Crippen molar-refractivity contribution in [1.29, 1.82) is 0 Å². The first-order valence-corrected chi connectivity index (χ1v) is 28.7. The number of esters is 3. The van der Waals surface area contributed by atoms with E-state index >= 15 is 0 Å². The molecular formula is C58H112O6. The van der Waals surface area contributed by atoms with Gasteiger partial charge in [-0.05, 0) is 31.1 Å². The zero-order valence-corrected chi connectivity index (χ0v) is 43.9. The molecule has 64 heavy (non-hydrogen) atoms. The molecule has 0 saturated heterocycles. The normalized spacial score (nSPS) is 12.0. The van der Waals surface area contributed by atoms with Crippen molar-refractivity contribution < 1.29 is 28.6 Å². The molecule has 0 aromatic heterocycles. The van der Waals surface area contributed by atoms with E-state index in [1.165, 1.54) is 212 Å². The molecule has 6 nitrogen and oxygen atoms in total. The molecule has 0 aliphatic carbocycles. The van der Waals surface area contributed by atoms with Crippen LogP contribution in [0, 0.1) is 11.8 Å². The number of rotatable bonds is 52. The molecule has 0 aromatic rings. The Morgan fingerprint density at radius 2 is 0.516 bits per heavy atom. The van der Waals surface area contributed by atoms with Gasteiger partial charge in [0.1, 0.15) is 13.2 Å². The molecule has 6 heteroatoms. The van der Waals surface area contributed by atoms with E-state index < -0.39 is 6.10 Å². The van der Waals surface area contributed by atoms with E-state index in [9.17, 15) is 14.4 Å². The van der Waals surface area contributed by atoms with Crippen molar-refractivity contribution in [3.05, 3.63) is 0 Å². The summed E-state index contributed by atoms with van der Waals surface area (Å²) >= 11 is 0. The minimum Gasteiger partial charge on any atom is -0.462 e. The fourth-order valence-corrected chi connectivity index (χ4v) is 8.87. The number of hydrogen-bond acceptors (Lipinski definition) is 6. The van der Waals surface area contributed by atoms with E-state index in [0.717, 1.165) is 69.6 Å². The summed E-state index contributed by atoms with van der Waals surface area (Å²) in [5.74, 6) is 0.827. The second kappa shape index (κ2) is 50.8. The van der Waals surface area contributed by atoms with Crippen LogP contribution in [0.1, 0.15) is 324 Å². The Labute approximate surface area is 399 Å². The van der Waals surface area contributed by atoms with Gasteiger partial charge in [-0.1, -0.05) is 285 Å². The molecule has 0 aromatic carbocycles. The fraction of sp³-hybridized carbons (Fsp3) is 0.948. The summed E-state index contributed by atoms with van der Waals surface area (Å²) in [6, 6.07) is 0. The maximum atomic E-state index is 12.8. The van der Waals surface area contributed by atoms with E-state index in [-0.39, 0.29) is 31.1 Å². The molecule has 0 rings (SSSR count). The van der Waals surface area contributed by atoms with Crippen LogP contribution >= 0.6 is 0 Å². The van der Waals surface area contributed by atoms with Crippen LogP contribution in [0.25, 0.3) is 0 Å². The van der Waals surface area contributed by atoms with Gasteiger partial charge in [0.15, 0.2) is 6.10 Å². The quantitative estimate of drug-likeness (QED) is 0.0344. The molecule has 0 aliphatic rings. The van der Waals surface area contributed by atoms with E-state index in [1.807, 2.05) is 0 Å². The Morgan fingerprint density at radius 1 is 0.297 bits per heavy atom. The second-order valence-corrected chi connectivity index (χ2v) is 20.9. The lowest BCUT2D eigenvalue weighted by Gasteiger charge is -2.18. The highest BCUT2D eigenvalue weighted by Crippen LogP contribution is 2.18. The largest absolute Gasteiger partial charge is 0.462 e. The highest BCUT2D eigenvalue weighted by Gasteiger charge is 2.19. The number of hydrogen-bond donors (Lipinski definition) is 0. The molecule has 380 valence electrons. The van der Waals surface area contributed by atoms with Crippen molar-refractivity contribution in [3.63, 3.8) is 0 Å². The van der Waals surface area contributed by atoms with E-state index in [0.29, 0.717) is 19.3 Å². The number of carbonyl (C=O) groups is 3. The molecular weight excluding hydrogens is 793 g/mol. The van der Waals surface area contributed by atoms with Gasteiger partial charge in [-0.2, -0.15) is 0 Å². The lowest BCUT2D eigenvalue weighted by molar-refractivity contribution is -0.167. The van der Waals surface area contributed by atoms with Crippen molar-refractivity contribution in [2.45, 2.75) is 330 Å². The Hall–Kier alpha value is -1.59. The fourth-order valence-electron chi connectivity index (χ4n) is 8.87. The van der Waals surface area contributed by atoms with E-state index in [2.05, 4.69) is 34.6 Å². The molecule has 0 heterocycles. The van der Waals surface area contributed by atoms with E-state index in [4.69, 9.17) is 14.2 Å². The highest BCUT2D eigenvalue weighted by atomic mass is 16.6. The minimum atomic E-state index is -0.762. The molecule has 0 unspecified atom stereocenters. The Balaban J connectivity index is 4.29. The van der Waals surface area contributed by atoms with Crippen molar-refractivity contribution >= 4 is 17.9 Å². The van der Waals surface area contributed by atoms with Gasteiger partial charge < -0.3 is 14.2 Å². The van der Waals surface area contributed by atoms with Gasteiger partial charge in [0.05, 0.1) is 0 Å². The Morgan fingerprint density at radius 3 is 0.766 bits per heavy atom. The molecule has 1 atom stereocenters. The molecule has 0 fully saturated rings.